The van der Waals surface area contributed by atoms with Crippen molar-refractivity contribution in [1.29, 1.82) is 0 Å². The van der Waals surface area contributed by atoms with Crippen molar-refractivity contribution < 1.29 is 0 Å². The zero-order chi connectivity index (χ0) is 15.0. The number of hydrogen-bond donors (Lipinski definition) is 1. The third-order valence-electron chi connectivity index (χ3n) is 4.67. The number of anilines is 1. The van der Waals surface area contributed by atoms with Gasteiger partial charge >= 0.3 is 0 Å². The molecule has 2 heteroatoms. The molecule has 0 saturated carbocycles. The lowest BCUT2D eigenvalue weighted by Gasteiger charge is -2.41. The largest absolute Gasteiger partial charge is 0.378 e. The van der Waals surface area contributed by atoms with Gasteiger partial charge in [-0.25, -0.2) is 0 Å². The van der Waals surface area contributed by atoms with Gasteiger partial charge in [-0.15, -0.1) is 0 Å². The van der Waals surface area contributed by atoms with E-state index in [9.17, 15) is 0 Å². The second kappa shape index (κ2) is 5.64. The van der Waals surface area contributed by atoms with Gasteiger partial charge < -0.3 is 5.32 Å². The van der Waals surface area contributed by atoms with Crippen LogP contribution in [0.4, 0.5) is 5.69 Å². The van der Waals surface area contributed by atoms with Crippen LogP contribution in [0.1, 0.15) is 43.0 Å². The van der Waals surface area contributed by atoms with Crippen LogP contribution in [0.15, 0.2) is 42.5 Å². The van der Waals surface area contributed by atoms with E-state index < -0.39 is 0 Å². The van der Waals surface area contributed by atoms with Crippen LogP contribution in [-0.2, 0) is 6.42 Å². The summed E-state index contributed by atoms with van der Waals surface area (Å²) in [6.45, 7) is 6.91. The average molecular weight is 391 g/mol. The number of fused-ring (bicyclic) bond motifs is 1. The number of benzene rings is 2. The minimum Gasteiger partial charge on any atom is -0.378 e. The summed E-state index contributed by atoms with van der Waals surface area (Å²) in [7, 11) is 0. The molecule has 0 heterocycles. The Labute approximate surface area is 141 Å². The predicted octanol–water partition coefficient (Wildman–Crippen LogP) is 5.73. The Morgan fingerprint density at radius 3 is 2.67 bits per heavy atom. The van der Waals surface area contributed by atoms with E-state index >= 15 is 0 Å². The normalized spacial score (nSPS) is 19.9. The van der Waals surface area contributed by atoms with Crippen LogP contribution < -0.4 is 5.32 Å². The van der Waals surface area contributed by atoms with Crippen molar-refractivity contribution in [2.75, 3.05) is 5.32 Å². The molecule has 3 rings (SSSR count). The van der Waals surface area contributed by atoms with E-state index in [1.165, 1.54) is 38.8 Å². The molecule has 1 atom stereocenters. The van der Waals surface area contributed by atoms with Crippen molar-refractivity contribution in [2.45, 2.75) is 39.7 Å². The fourth-order valence-electron chi connectivity index (χ4n) is 3.19. The van der Waals surface area contributed by atoms with Crippen molar-refractivity contribution in [1.82, 2.24) is 0 Å². The molecule has 0 saturated heterocycles. The van der Waals surface area contributed by atoms with E-state index in [1.54, 1.807) is 0 Å². The Balaban J connectivity index is 1.97. The Kier molecular flexibility index (Phi) is 4.00. The lowest BCUT2D eigenvalue weighted by Crippen LogP contribution is -2.33. The molecule has 1 nitrogen and oxygen atoms in total. The molecule has 0 spiro atoms. The molecule has 2 aromatic rings. The fraction of sp³-hybridized carbons (Fsp3) is 0.368. The second-order valence-electron chi connectivity index (χ2n) is 6.73. The molecule has 1 aliphatic carbocycles. The summed E-state index contributed by atoms with van der Waals surface area (Å²) in [5, 5.41) is 3.79. The van der Waals surface area contributed by atoms with Gasteiger partial charge in [0.15, 0.2) is 0 Å². The summed E-state index contributed by atoms with van der Waals surface area (Å²) in [5.74, 6) is 0. The molecule has 0 aliphatic heterocycles. The average Bonchev–Trinajstić information content (AvgIpc) is 2.46. The van der Waals surface area contributed by atoms with Gasteiger partial charge in [0.25, 0.3) is 0 Å². The molecule has 110 valence electrons. The lowest BCUT2D eigenvalue weighted by molar-refractivity contribution is 0.265. The Bertz CT molecular complexity index is 660. The van der Waals surface area contributed by atoms with E-state index in [1.807, 2.05) is 0 Å². The summed E-state index contributed by atoms with van der Waals surface area (Å²) in [5.41, 5.74) is 5.79. The first-order chi connectivity index (χ1) is 9.97. The highest BCUT2D eigenvalue weighted by Crippen LogP contribution is 2.45. The standard InChI is InChI=1S/C19H22IN/c1-13-8-9-15(12-17(13)20)21-18-16-7-5-4-6-14(16)10-11-19(18,2)3/h4-9,12,18,21H,10-11H2,1-3H3. The summed E-state index contributed by atoms with van der Waals surface area (Å²) >= 11 is 2.41. The Hall–Kier alpha value is -1.03. The van der Waals surface area contributed by atoms with Gasteiger partial charge in [0.2, 0.25) is 0 Å². The molecular weight excluding hydrogens is 369 g/mol. The van der Waals surface area contributed by atoms with Gasteiger partial charge in [0.1, 0.15) is 0 Å². The molecule has 0 radical (unpaired) electrons. The molecule has 0 fully saturated rings. The van der Waals surface area contributed by atoms with Crippen LogP contribution in [0.25, 0.3) is 0 Å². The number of rotatable bonds is 2. The van der Waals surface area contributed by atoms with Crippen LogP contribution in [0.3, 0.4) is 0 Å². The van der Waals surface area contributed by atoms with Crippen LogP contribution in [-0.4, -0.2) is 0 Å². The van der Waals surface area contributed by atoms with Gasteiger partial charge in [-0.1, -0.05) is 44.2 Å². The summed E-state index contributed by atoms with van der Waals surface area (Å²) in [6.07, 6.45) is 2.41. The molecule has 1 N–H and O–H groups in total. The van der Waals surface area contributed by atoms with Crippen molar-refractivity contribution in [3.8, 4) is 0 Å². The molecule has 1 unspecified atom stereocenters. The first-order valence-electron chi connectivity index (χ1n) is 7.58. The SMILES string of the molecule is Cc1ccc(NC2c3ccccc3CCC2(C)C)cc1I. The van der Waals surface area contributed by atoms with E-state index in [0.29, 0.717) is 6.04 Å². The third-order valence-corrected chi connectivity index (χ3v) is 5.83. The highest BCUT2D eigenvalue weighted by molar-refractivity contribution is 14.1. The third kappa shape index (κ3) is 2.96. The van der Waals surface area contributed by atoms with Gasteiger partial charge in [-0.3, -0.25) is 0 Å². The quantitative estimate of drug-likeness (QED) is 0.646. The molecular formula is C19H22IN. The fourth-order valence-corrected chi connectivity index (χ4v) is 3.70. The lowest BCUT2D eigenvalue weighted by atomic mass is 9.70. The second-order valence-corrected chi connectivity index (χ2v) is 7.89. The maximum atomic E-state index is 3.79. The first-order valence-corrected chi connectivity index (χ1v) is 8.66. The molecule has 21 heavy (non-hydrogen) atoms. The van der Waals surface area contributed by atoms with Crippen LogP contribution >= 0.6 is 22.6 Å². The smallest absolute Gasteiger partial charge is 0.0567 e. The van der Waals surface area contributed by atoms with Crippen LogP contribution in [0, 0.1) is 15.9 Å². The van der Waals surface area contributed by atoms with E-state index in [4.69, 9.17) is 0 Å². The van der Waals surface area contributed by atoms with Crippen molar-refractivity contribution >= 4 is 28.3 Å². The van der Waals surface area contributed by atoms with Crippen LogP contribution in [0.2, 0.25) is 0 Å². The Morgan fingerprint density at radius 1 is 1.14 bits per heavy atom. The zero-order valence-electron chi connectivity index (χ0n) is 12.9. The number of nitrogens with one attached hydrogen (secondary N) is 1. The maximum Gasteiger partial charge on any atom is 0.0567 e. The molecule has 0 aromatic heterocycles. The van der Waals surface area contributed by atoms with E-state index in [2.05, 4.69) is 91.1 Å². The van der Waals surface area contributed by atoms with E-state index in [-0.39, 0.29) is 5.41 Å². The molecule has 0 bridgehead atoms. The van der Waals surface area contributed by atoms with E-state index in [0.717, 1.165) is 0 Å². The van der Waals surface area contributed by atoms with Gasteiger partial charge in [0.05, 0.1) is 6.04 Å². The highest BCUT2D eigenvalue weighted by atomic mass is 127. The molecule has 1 aliphatic rings. The van der Waals surface area contributed by atoms with Crippen molar-refractivity contribution in [2.24, 2.45) is 5.41 Å². The minimum atomic E-state index is 0.269. The predicted molar refractivity (Wildman–Crippen MR) is 98.8 cm³/mol. The monoisotopic (exact) mass is 391 g/mol. The van der Waals surface area contributed by atoms with Gasteiger partial charge in [-0.05, 0) is 76.6 Å². The van der Waals surface area contributed by atoms with Crippen molar-refractivity contribution in [3.05, 3.63) is 62.7 Å². The highest BCUT2D eigenvalue weighted by Gasteiger charge is 2.35. The Morgan fingerprint density at radius 2 is 1.90 bits per heavy atom. The molecule has 0 amide bonds. The van der Waals surface area contributed by atoms with Crippen LogP contribution in [0.5, 0.6) is 0 Å². The zero-order valence-corrected chi connectivity index (χ0v) is 15.1. The number of aryl methyl sites for hydroxylation is 2. The van der Waals surface area contributed by atoms with Crippen molar-refractivity contribution in [3.63, 3.8) is 0 Å². The summed E-state index contributed by atoms with van der Waals surface area (Å²) in [4.78, 5) is 0. The number of hydrogen-bond acceptors (Lipinski definition) is 1. The number of halogens is 1. The summed E-state index contributed by atoms with van der Waals surface area (Å²) in [6, 6.07) is 15.9. The summed E-state index contributed by atoms with van der Waals surface area (Å²) < 4.78 is 1.32. The topological polar surface area (TPSA) is 12.0 Å². The van der Waals surface area contributed by atoms with Gasteiger partial charge in [-0.2, -0.15) is 0 Å². The van der Waals surface area contributed by atoms with Gasteiger partial charge in [0, 0.05) is 9.26 Å². The first kappa shape index (κ1) is 14.9. The minimum absolute atomic E-state index is 0.269. The molecule has 2 aromatic carbocycles. The maximum absolute atomic E-state index is 3.79.